The molecule has 27 heavy (non-hydrogen) atoms. The number of hydrogen-bond acceptors (Lipinski definition) is 7. The molecule has 1 heterocycles. The molecular weight excluding hydrogens is 386 g/mol. The van der Waals surface area contributed by atoms with E-state index in [-0.39, 0.29) is 18.3 Å². The Morgan fingerprint density at radius 3 is 2.70 bits per heavy atom. The number of nitrogens with zero attached hydrogens (tertiary/aromatic N) is 1. The van der Waals surface area contributed by atoms with E-state index in [9.17, 15) is 9.59 Å². The molecule has 1 aliphatic rings. The molecule has 6 nitrogen and oxygen atoms in total. The molecule has 0 unspecified atom stereocenters. The Kier molecular flexibility index (Phi) is 8.12. The third kappa shape index (κ3) is 5.71. The van der Waals surface area contributed by atoms with Gasteiger partial charge in [-0.3, -0.25) is 14.5 Å². The zero-order valence-electron chi connectivity index (χ0n) is 15.6. The van der Waals surface area contributed by atoms with Gasteiger partial charge in [0.25, 0.3) is 5.91 Å². The van der Waals surface area contributed by atoms with E-state index < -0.39 is 0 Å². The average molecular weight is 410 g/mol. The molecule has 0 spiro atoms. The maximum absolute atomic E-state index is 12.6. The summed E-state index contributed by atoms with van der Waals surface area (Å²) in [6.07, 6.45) is 2.55. The normalized spacial score (nSPS) is 15.4. The Bertz CT molecular complexity index is 748. The third-order valence-electron chi connectivity index (χ3n) is 3.73. The lowest BCUT2D eigenvalue weighted by molar-refractivity contribution is -0.143. The fraction of sp³-hybridized carbons (Fsp3) is 0.421. The van der Waals surface area contributed by atoms with Gasteiger partial charge in [0.2, 0.25) is 0 Å². The number of carbonyl (C=O) groups excluding carboxylic acids is 2. The molecule has 146 valence electrons. The Hall–Kier alpha value is -2.06. The SMILES string of the molecule is CCOC(=O)CCCN1C(=O)/C(=C/c2ccc(OCC)c(OC)c2)SC1=S. The van der Waals surface area contributed by atoms with E-state index >= 15 is 0 Å². The highest BCUT2D eigenvalue weighted by atomic mass is 32.2. The first-order chi connectivity index (χ1) is 13.0. The molecule has 8 heteroatoms. The zero-order valence-corrected chi connectivity index (χ0v) is 17.3. The van der Waals surface area contributed by atoms with Crippen LogP contribution in [0.2, 0.25) is 0 Å². The molecule has 0 N–H and O–H groups in total. The fourth-order valence-corrected chi connectivity index (χ4v) is 3.82. The van der Waals surface area contributed by atoms with Crippen molar-refractivity contribution in [2.24, 2.45) is 0 Å². The number of thioether (sulfide) groups is 1. The predicted molar refractivity (Wildman–Crippen MR) is 110 cm³/mol. The maximum atomic E-state index is 12.6. The summed E-state index contributed by atoms with van der Waals surface area (Å²) in [5.41, 5.74) is 0.822. The summed E-state index contributed by atoms with van der Waals surface area (Å²) in [5, 5.41) is 0. The van der Waals surface area contributed by atoms with E-state index in [1.807, 2.05) is 25.1 Å². The highest BCUT2D eigenvalue weighted by molar-refractivity contribution is 8.26. The van der Waals surface area contributed by atoms with Gasteiger partial charge in [0, 0.05) is 13.0 Å². The van der Waals surface area contributed by atoms with Crippen molar-refractivity contribution in [3.63, 3.8) is 0 Å². The molecule has 0 aliphatic carbocycles. The third-order valence-corrected chi connectivity index (χ3v) is 5.10. The minimum absolute atomic E-state index is 0.151. The second kappa shape index (κ2) is 10.3. The van der Waals surface area contributed by atoms with Crippen LogP contribution in [-0.4, -0.2) is 48.0 Å². The molecule has 1 aliphatic heterocycles. The van der Waals surface area contributed by atoms with Gasteiger partial charge >= 0.3 is 5.97 Å². The first-order valence-corrected chi connectivity index (χ1v) is 9.94. The van der Waals surface area contributed by atoms with Gasteiger partial charge in [-0.2, -0.15) is 0 Å². The zero-order chi connectivity index (χ0) is 19.8. The largest absolute Gasteiger partial charge is 0.493 e. The van der Waals surface area contributed by atoms with Crippen molar-refractivity contribution in [2.75, 3.05) is 26.9 Å². The molecule has 1 fully saturated rings. The van der Waals surface area contributed by atoms with Crippen molar-refractivity contribution in [3.05, 3.63) is 28.7 Å². The van der Waals surface area contributed by atoms with Crippen LogP contribution in [0.1, 0.15) is 32.3 Å². The van der Waals surface area contributed by atoms with E-state index in [1.165, 1.54) is 16.7 Å². The first-order valence-electron chi connectivity index (χ1n) is 8.72. The van der Waals surface area contributed by atoms with Crippen LogP contribution in [0, 0.1) is 0 Å². The minimum atomic E-state index is -0.264. The topological polar surface area (TPSA) is 65.1 Å². The van der Waals surface area contributed by atoms with Crippen LogP contribution in [0.15, 0.2) is 23.1 Å². The number of ether oxygens (including phenoxy) is 3. The smallest absolute Gasteiger partial charge is 0.305 e. The lowest BCUT2D eigenvalue weighted by Gasteiger charge is -2.13. The molecule has 1 aromatic rings. The highest BCUT2D eigenvalue weighted by Crippen LogP contribution is 2.34. The quantitative estimate of drug-likeness (QED) is 0.350. The van der Waals surface area contributed by atoms with Gasteiger partial charge in [-0.1, -0.05) is 30.0 Å². The van der Waals surface area contributed by atoms with Gasteiger partial charge in [-0.05, 0) is 44.0 Å². The number of thiocarbonyl (C=S) groups is 1. The average Bonchev–Trinajstić information content (AvgIpc) is 2.90. The van der Waals surface area contributed by atoms with Crippen LogP contribution in [-0.2, 0) is 14.3 Å². The molecule has 1 amide bonds. The molecule has 0 bridgehead atoms. The Morgan fingerprint density at radius 1 is 1.26 bits per heavy atom. The van der Waals surface area contributed by atoms with Crippen LogP contribution in [0.4, 0.5) is 0 Å². The van der Waals surface area contributed by atoms with Gasteiger partial charge in [0.05, 0.1) is 25.2 Å². The van der Waals surface area contributed by atoms with E-state index in [2.05, 4.69) is 0 Å². The second-order valence-corrected chi connectivity index (χ2v) is 7.26. The number of rotatable bonds is 9. The summed E-state index contributed by atoms with van der Waals surface area (Å²) in [6, 6.07) is 5.49. The van der Waals surface area contributed by atoms with Crippen LogP contribution >= 0.6 is 24.0 Å². The van der Waals surface area contributed by atoms with Crippen LogP contribution < -0.4 is 9.47 Å². The number of carbonyl (C=O) groups is 2. The Labute approximate surface area is 168 Å². The number of esters is 1. The summed E-state index contributed by atoms with van der Waals surface area (Å²) in [7, 11) is 1.57. The summed E-state index contributed by atoms with van der Waals surface area (Å²) in [4.78, 5) is 26.1. The summed E-state index contributed by atoms with van der Waals surface area (Å²) in [6.45, 7) is 4.96. The minimum Gasteiger partial charge on any atom is -0.493 e. The number of amides is 1. The van der Waals surface area contributed by atoms with E-state index in [0.717, 1.165) is 5.56 Å². The highest BCUT2D eigenvalue weighted by Gasteiger charge is 2.31. The first kappa shape index (κ1) is 21.2. The summed E-state index contributed by atoms with van der Waals surface area (Å²) >= 11 is 6.57. The lowest BCUT2D eigenvalue weighted by Crippen LogP contribution is -2.29. The lowest BCUT2D eigenvalue weighted by atomic mass is 10.2. The van der Waals surface area contributed by atoms with Crippen molar-refractivity contribution in [1.82, 2.24) is 4.90 Å². The molecule has 1 aromatic carbocycles. The van der Waals surface area contributed by atoms with Crippen LogP contribution in [0.5, 0.6) is 11.5 Å². The Balaban J connectivity index is 2.06. The molecule has 0 atom stereocenters. The maximum Gasteiger partial charge on any atom is 0.305 e. The van der Waals surface area contributed by atoms with Crippen LogP contribution in [0.3, 0.4) is 0 Å². The van der Waals surface area contributed by atoms with Gasteiger partial charge in [0.15, 0.2) is 11.5 Å². The standard InChI is InChI=1S/C19H23NO5S2/c1-4-24-14-9-8-13(11-15(14)23-3)12-16-18(22)20(19(26)27-16)10-6-7-17(21)25-5-2/h8-9,11-12H,4-7,10H2,1-3H3/b16-12-. The van der Waals surface area contributed by atoms with Gasteiger partial charge < -0.3 is 14.2 Å². The Morgan fingerprint density at radius 2 is 2.04 bits per heavy atom. The van der Waals surface area contributed by atoms with Crippen molar-refractivity contribution in [3.8, 4) is 11.5 Å². The second-order valence-electron chi connectivity index (χ2n) is 5.59. The molecule has 2 rings (SSSR count). The number of methoxy groups -OCH3 is 1. The van der Waals surface area contributed by atoms with Crippen molar-refractivity contribution in [1.29, 1.82) is 0 Å². The van der Waals surface area contributed by atoms with Crippen LogP contribution in [0.25, 0.3) is 6.08 Å². The van der Waals surface area contributed by atoms with Gasteiger partial charge in [-0.15, -0.1) is 0 Å². The fourth-order valence-electron chi connectivity index (χ4n) is 2.51. The molecule has 0 radical (unpaired) electrons. The van der Waals surface area contributed by atoms with Crippen molar-refractivity contribution in [2.45, 2.75) is 26.7 Å². The summed E-state index contributed by atoms with van der Waals surface area (Å²) < 4.78 is 16.2. The van der Waals surface area contributed by atoms with E-state index in [1.54, 1.807) is 20.1 Å². The molecule has 1 saturated heterocycles. The number of benzene rings is 1. The number of hydrogen-bond donors (Lipinski definition) is 0. The van der Waals surface area contributed by atoms with Gasteiger partial charge in [0.1, 0.15) is 4.32 Å². The van der Waals surface area contributed by atoms with Gasteiger partial charge in [-0.25, -0.2) is 0 Å². The predicted octanol–water partition coefficient (Wildman–Crippen LogP) is 3.64. The molecule has 0 saturated carbocycles. The van der Waals surface area contributed by atoms with E-state index in [0.29, 0.717) is 46.9 Å². The monoisotopic (exact) mass is 409 g/mol. The van der Waals surface area contributed by atoms with Crippen molar-refractivity contribution < 1.29 is 23.8 Å². The molecule has 0 aromatic heterocycles. The molecular formula is C19H23NO5S2. The van der Waals surface area contributed by atoms with E-state index in [4.69, 9.17) is 26.4 Å². The van der Waals surface area contributed by atoms with Crippen molar-refractivity contribution >= 4 is 46.3 Å². The summed E-state index contributed by atoms with van der Waals surface area (Å²) in [5.74, 6) is 0.848.